The molecule has 1 aliphatic heterocycles. The van der Waals surface area contributed by atoms with Crippen LogP contribution in [0, 0.1) is 11.8 Å². The van der Waals surface area contributed by atoms with Gasteiger partial charge in [0.2, 0.25) is 17.8 Å². The number of hydrogen-bond donors (Lipinski definition) is 2. The fraction of sp³-hybridized carbons (Fsp3) is 0.125. The van der Waals surface area contributed by atoms with Crippen molar-refractivity contribution in [1.29, 1.82) is 0 Å². The van der Waals surface area contributed by atoms with Gasteiger partial charge in [0.15, 0.2) is 0 Å². The van der Waals surface area contributed by atoms with E-state index in [-0.39, 0.29) is 17.7 Å². The Morgan fingerprint density at radius 1 is 0.850 bits per heavy atom. The minimum atomic E-state index is -0.942. The first-order chi connectivity index (χ1) is 19.6. The third-order valence-electron chi connectivity index (χ3n) is 8.60. The number of para-hydroxylation sites is 2. The molecule has 40 heavy (non-hydrogen) atoms. The molecule has 1 aromatic heterocycles. The molecule has 2 bridgehead atoms. The van der Waals surface area contributed by atoms with Crippen LogP contribution in [0.3, 0.4) is 0 Å². The summed E-state index contributed by atoms with van der Waals surface area (Å²) in [5.74, 6) is -1.27. The van der Waals surface area contributed by atoms with Gasteiger partial charge in [0.1, 0.15) is 0 Å². The summed E-state index contributed by atoms with van der Waals surface area (Å²) in [6, 6.07) is 31.4. The van der Waals surface area contributed by atoms with E-state index in [4.69, 9.17) is 5.10 Å². The van der Waals surface area contributed by atoms with Gasteiger partial charge in [-0.05, 0) is 58.7 Å². The van der Waals surface area contributed by atoms with Crippen molar-refractivity contribution in [2.45, 2.75) is 11.3 Å². The van der Waals surface area contributed by atoms with Crippen molar-refractivity contribution in [1.82, 2.24) is 9.97 Å². The fourth-order valence-electron chi connectivity index (χ4n) is 7.10. The maximum absolute atomic E-state index is 14.4. The lowest BCUT2D eigenvalue weighted by molar-refractivity contribution is -0.122. The summed E-state index contributed by atoms with van der Waals surface area (Å²) in [6.07, 6.45) is 1.82. The average Bonchev–Trinajstić information content (AvgIpc) is 3.52. The molecule has 1 fully saturated rings. The van der Waals surface area contributed by atoms with Gasteiger partial charge in [-0.15, -0.1) is 0 Å². The third kappa shape index (κ3) is 3.05. The van der Waals surface area contributed by atoms with Crippen LogP contribution in [0.5, 0.6) is 0 Å². The van der Waals surface area contributed by atoms with Crippen molar-refractivity contribution >= 4 is 56.6 Å². The van der Waals surface area contributed by atoms with Crippen molar-refractivity contribution in [2.24, 2.45) is 16.9 Å². The highest BCUT2D eigenvalue weighted by Crippen LogP contribution is 2.63. The van der Waals surface area contributed by atoms with Gasteiger partial charge in [-0.1, -0.05) is 76.6 Å². The van der Waals surface area contributed by atoms with E-state index in [0.717, 1.165) is 37.8 Å². The van der Waals surface area contributed by atoms with Gasteiger partial charge >= 0.3 is 0 Å². The number of nitrogens with one attached hydrogen (secondary N) is 2. The molecule has 2 atom stereocenters. The van der Waals surface area contributed by atoms with Gasteiger partial charge in [0.25, 0.3) is 0 Å². The number of nitrogens with zero attached hydrogens (tertiary/aromatic N) is 3. The molecule has 0 saturated carbocycles. The third-order valence-corrected chi connectivity index (χ3v) is 9.13. The summed E-state index contributed by atoms with van der Waals surface area (Å²) >= 11 is 3.46. The lowest BCUT2D eigenvalue weighted by Crippen LogP contribution is -2.54. The Morgan fingerprint density at radius 3 is 2.20 bits per heavy atom. The van der Waals surface area contributed by atoms with E-state index < -0.39 is 17.3 Å². The van der Waals surface area contributed by atoms with E-state index in [1.165, 1.54) is 4.90 Å². The zero-order valence-corrected chi connectivity index (χ0v) is 22.7. The molecule has 4 aromatic carbocycles. The highest BCUT2D eigenvalue weighted by atomic mass is 79.9. The standard InChI is InChI=1S/C32H22BrN5O2/c33-18-13-15-19(16-14-18)38-29(39)27-26-20-7-1-3-9-22(20)32(28(27)30(38)40,23-10-4-2-8-21(23)26)17-34-37-31-35-24-11-5-6-12-25(24)36-31/h1-17,26-28H,(H2,35,36,37)/b34-17-/t26?,27-,28-,32?/m0/s1. The summed E-state index contributed by atoms with van der Waals surface area (Å²) in [5.41, 5.74) is 8.57. The molecular formula is C32H22BrN5O2. The molecule has 5 aromatic rings. The predicted octanol–water partition coefficient (Wildman–Crippen LogP) is 5.97. The highest BCUT2D eigenvalue weighted by Gasteiger charge is 2.68. The molecule has 2 amide bonds. The molecule has 0 spiro atoms. The normalized spacial score (nSPS) is 24.4. The second kappa shape index (κ2) is 8.47. The number of halogens is 1. The molecule has 4 aliphatic rings. The van der Waals surface area contributed by atoms with Crippen LogP contribution < -0.4 is 10.3 Å². The smallest absolute Gasteiger partial charge is 0.239 e. The number of imidazole rings is 1. The van der Waals surface area contributed by atoms with Gasteiger partial charge < -0.3 is 4.98 Å². The number of aromatic amines is 1. The Balaban J connectivity index is 1.32. The van der Waals surface area contributed by atoms with E-state index in [1.54, 1.807) is 0 Å². The quantitative estimate of drug-likeness (QED) is 0.154. The van der Waals surface area contributed by atoms with E-state index in [2.05, 4.69) is 55.6 Å². The van der Waals surface area contributed by atoms with Gasteiger partial charge in [-0.2, -0.15) is 5.10 Å². The largest absolute Gasteiger partial charge is 0.323 e. The van der Waals surface area contributed by atoms with Gasteiger partial charge in [-0.3, -0.25) is 9.59 Å². The maximum atomic E-state index is 14.4. The van der Waals surface area contributed by atoms with E-state index in [0.29, 0.717) is 11.6 Å². The number of fused-ring (bicyclic) bond motifs is 1. The van der Waals surface area contributed by atoms with Crippen LogP contribution in [-0.4, -0.2) is 28.0 Å². The molecule has 2 heterocycles. The average molecular weight is 588 g/mol. The number of anilines is 2. The molecule has 2 N–H and O–H groups in total. The Hall–Kier alpha value is -4.56. The SMILES string of the molecule is O=C1[C@@H]2[C@@H](C(=O)N1c1ccc(Br)cc1)C1c3ccccc3C2(/C=N\Nc2nc3ccccc3[nH]2)c2ccccc21. The molecular weight excluding hydrogens is 566 g/mol. The van der Waals surface area contributed by atoms with Crippen molar-refractivity contribution in [3.8, 4) is 0 Å². The number of hydrogen-bond acceptors (Lipinski definition) is 5. The van der Waals surface area contributed by atoms with Crippen molar-refractivity contribution < 1.29 is 9.59 Å². The number of carbonyl (C=O) groups excluding carboxylic acids is 2. The maximum Gasteiger partial charge on any atom is 0.239 e. The van der Waals surface area contributed by atoms with Crippen molar-refractivity contribution in [3.63, 3.8) is 0 Å². The lowest BCUT2D eigenvalue weighted by Gasteiger charge is -2.52. The van der Waals surface area contributed by atoms with Crippen LogP contribution >= 0.6 is 15.9 Å². The lowest BCUT2D eigenvalue weighted by atomic mass is 9.47. The summed E-state index contributed by atoms with van der Waals surface area (Å²) in [6.45, 7) is 0. The number of imide groups is 1. The Kier molecular flexibility index (Phi) is 4.94. The molecule has 194 valence electrons. The first-order valence-corrected chi connectivity index (χ1v) is 13.9. The summed E-state index contributed by atoms with van der Waals surface area (Å²) < 4.78 is 0.882. The van der Waals surface area contributed by atoms with Crippen molar-refractivity contribution in [2.75, 3.05) is 10.3 Å². The van der Waals surface area contributed by atoms with Crippen LogP contribution in [0.25, 0.3) is 11.0 Å². The molecule has 8 heteroatoms. The monoisotopic (exact) mass is 587 g/mol. The number of amides is 2. The second-order valence-corrected chi connectivity index (χ2v) is 11.4. The minimum absolute atomic E-state index is 0.172. The number of hydrazone groups is 1. The summed E-state index contributed by atoms with van der Waals surface area (Å²) in [7, 11) is 0. The highest BCUT2D eigenvalue weighted by molar-refractivity contribution is 9.10. The molecule has 0 radical (unpaired) electrons. The first kappa shape index (κ1) is 23.3. The zero-order chi connectivity index (χ0) is 27.0. The predicted molar refractivity (Wildman–Crippen MR) is 157 cm³/mol. The number of H-pyrrole nitrogens is 1. The molecule has 3 aliphatic carbocycles. The van der Waals surface area contributed by atoms with Crippen LogP contribution in [-0.2, 0) is 15.0 Å². The van der Waals surface area contributed by atoms with Crippen LogP contribution in [0.15, 0.2) is 107 Å². The summed E-state index contributed by atoms with van der Waals surface area (Å²) in [4.78, 5) is 37.8. The number of rotatable bonds is 4. The topological polar surface area (TPSA) is 90.4 Å². The molecule has 0 unspecified atom stereocenters. The zero-order valence-electron chi connectivity index (χ0n) is 21.1. The van der Waals surface area contributed by atoms with Gasteiger partial charge in [0, 0.05) is 16.6 Å². The number of carbonyl (C=O) groups is 2. The van der Waals surface area contributed by atoms with Gasteiger partial charge in [-0.25, -0.2) is 15.3 Å². The molecule has 9 rings (SSSR count). The number of benzene rings is 4. The van der Waals surface area contributed by atoms with Crippen LogP contribution in [0.4, 0.5) is 11.6 Å². The van der Waals surface area contributed by atoms with Gasteiger partial charge in [0.05, 0.1) is 34.0 Å². The number of aromatic nitrogens is 2. The molecule has 7 nitrogen and oxygen atoms in total. The van der Waals surface area contributed by atoms with Crippen LogP contribution in [0.1, 0.15) is 28.2 Å². The van der Waals surface area contributed by atoms with Crippen LogP contribution in [0.2, 0.25) is 0 Å². The Bertz CT molecular complexity index is 1800. The fourth-order valence-corrected chi connectivity index (χ4v) is 7.36. The summed E-state index contributed by atoms with van der Waals surface area (Å²) in [5, 5.41) is 4.70. The van der Waals surface area contributed by atoms with E-state index >= 15 is 0 Å². The first-order valence-electron chi connectivity index (χ1n) is 13.1. The van der Waals surface area contributed by atoms with E-state index in [1.807, 2.05) is 79.0 Å². The van der Waals surface area contributed by atoms with E-state index in [9.17, 15) is 9.59 Å². The minimum Gasteiger partial charge on any atom is -0.323 e. The molecule has 1 saturated heterocycles. The Morgan fingerprint density at radius 2 is 1.50 bits per heavy atom. The van der Waals surface area contributed by atoms with Crippen molar-refractivity contribution in [3.05, 3.63) is 124 Å². The second-order valence-electron chi connectivity index (χ2n) is 10.5. The Labute approximate surface area is 238 Å².